The number of furan rings is 1. The molecule has 1 atom stereocenters. The summed E-state index contributed by atoms with van der Waals surface area (Å²) in [6, 6.07) is 8.14. The summed E-state index contributed by atoms with van der Waals surface area (Å²) in [6.45, 7) is 2.04. The summed E-state index contributed by atoms with van der Waals surface area (Å²) in [4.78, 5) is 11.6. The molecule has 1 N–H and O–H groups in total. The molecule has 1 aliphatic rings. The van der Waals surface area contributed by atoms with Crippen molar-refractivity contribution in [1.29, 1.82) is 0 Å². The van der Waals surface area contributed by atoms with Gasteiger partial charge in [-0.15, -0.1) is 0 Å². The van der Waals surface area contributed by atoms with Crippen molar-refractivity contribution >= 4 is 27.5 Å². The first-order valence-electron chi connectivity index (χ1n) is 6.76. The molecule has 4 heteroatoms. The van der Waals surface area contributed by atoms with Crippen molar-refractivity contribution in [2.45, 2.75) is 31.0 Å². The summed E-state index contributed by atoms with van der Waals surface area (Å²) >= 11 is 3.70. The molecule has 20 heavy (non-hydrogen) atoms. The third-order valence-electron chi connectivity index (χ3n) is 3.68. The summed E-state index contributed by atoms with van der Waals surface area (Å²) < 4.78 is 5.55. The van der Waals surface area contributed by atoms with E-state index in [1.165, 1.54) is 5.56 Å². The van der Waals surface area contributed by atoms with Gasteiger partial charge in [-0.2, -0.15) is 0 Å². The summed E-state index contributed by atoms with van der Waals surface area (Å²) in [6.07, 6.45) is 4.13. The smallest absolute Gasteiger partial charge is 0.224 e. The van der Waals surface area contributed by atoms with Crippen molar-refractivity contribution < 1.29 is 9.21 Å². The number of halogens is 1. The van der Waals surface area contributed by atoms with Gasteiger partial charge < -0.3 is 9.73 Å². The second-order valence-corrected chi connectivity index (χ2v) is 6.06. The first-order chi connectivity index (χ1) is 9.65. The lowest BCUT2D eigenvalue weighted by molar-refractivity contribution is -0.116. The Labute approximate surface area is 126 Å². The van der Waals surface area contributed by atoms with Crippen LogP contribution >= 0.6 is 15.9 Å². The first kappa shape index (κ1) is 13.4. The zero-order valence-electron chi connectivity index (χ0n) is 11.3. The number of alkyl halides is 1. The Kier molecular flexibility index (Phi) is 3.66. The molecule has 1 aliphatic heterocycles. The Bertz CT molecular complexity index is 648. The molecule has 0 saturated heterocycles. The highest BCUT2D eigenvalue weighted by molar-refractivity contribution is 9.09. The van der Waals surface area contributed by atoms with Crippen molar-refractivity contribution in [1.82, 2.24) is 0 Å². The molecule has 0 spiro atoms. The number of amides is 1. The van der Waals surface area contributed by atoms with Crippen LogP contribution in [0.5, 0.6) is 0 Å². The lowest BCUT2D eigenvalue weighted by Gasteiger charge is -2.13. The van der Waals surface area contributed by atoms with Gasteiger partial charge in [0.25, 0.3) is 0 Å². The Morgan fingerprint density at radius 2 is 2.15 bits per heavy atom. The fourth-order valence-electron chi connectivity index (χ4n) is 2.55. The number of nitrogens with one attached hydrogen (secondary N) is 1. The van der Waals surface area contributed by atoms with Crippen molar-refractivity contribution in [2.75, 3.05) is 5.32 Å². The number of carbonyl (C=O) groups excluding carboxylic acids is 1. The number of fused-ring (bicyclic) bond motifs is 1. The van der Waals surface area contributed by atoms with E-state index in [0.717, 1.165) is 35.4 Å². The lowest BCUT2D eigenvalue weighted by Crippen LogP contribution is -2.09. The van der Waals surface area contributed by atoms with Crippen molar-refractivity contribution in [3.8, 4) is 0 Å². The van der Waals surface area contributed by atoms with Crippen LogP contribution in [-0.4, -0.2) is 5.91 Å². The van der Waals surface area contributed by atoms with E-state index in [-0.39, 0.29) is 10.7 Å². The highest BCUT2D eigenvalue weighted by atomic mass is 79.9. The van der Waals surface area contributed by atoms with E-state index in [0.29, 0.717) is 6.42 Å². The Hall–Kier alpha value is -1.55. The highest BCUT2D eigenvalue weighted by Crippen LogP contribution is 2.35. The minimum Gasteiger partial charge on any atom is -0.468 e. The van der Waals surface area contributed by atoms with Crippen LogP contribution in [0.15, 0.2) is 34.9 Å². The molecule has 0 aliphatic carbocycles. The number of hydrogen-bond acceptors (Lipinski definition) is 2. The van der Waals surface area contributed by atoms with Crippen LogP contribution in [0.2, 0.25) is 0 Å². The van der Waals surface area contributed by atoms with Crippen LogP contribution in [0, 0.1) is 6.92 Å². The van der Waals surface area contributed by atoms with Crippen LogP contribution in [0.4, 0.5) is 5.69 Å². The third-order valence-corrected chi connectivity index (χ3v) is 4.62. The van der Waals surface area contributed by atoms with Crippen molar-refractivity contribution in [2.24, 2.45) is 0 Å². The molecule has 0 radical (unpaired) electrons. The van der Waals surface area contributed by atoms with Gasteiger partial charge in [-0.05, 0) is 48.6 Å². The number of benzene rings is 1. The molecule has 2 aromatic rings. The van der Waals surface area contributed by atoms with Crippen molar-refractivity contribution in [3.63, 3.8) is 0 Å². The number of hydrogen-bond donors (Lipinski definition) is 1. The van der Waals surface area contributed by atoms with Gasteiger partial charge in [-0.1, -0.05) is 28.1 Å². The standard InChI is InChI=1S/C16H16BrNO2/c1-10-7-8-20-16(10)15(17)12-5-6-13-11(9-12)3-2-4-14(19)18-13/h5-9,15H,2-4H2,1H3,(H,18,19). The fourth-order valence-corrected chi connectivity index (χ4v) is 3.30. The monoisotopic (exact) mass is 333 g/mol. The molecule has 1 aromatic heterocycles. The summed E-state index contributed by atoms with van der Waals surface area (Å²) in [5.41, 5.74) is 4.42. The maximum absolute atomic E-state index is 11.6. The van der Waals surface area contributed by atoms with Gasteiger partial charge in [-0.3, -0.25) is 4.79 Å². The third kappa shape index (κ3) is 2.52. The molecule has 0 fully saturated rings. The topological polar surface area (TPSA) is 42.2 Å². The van der Waals surface area contributed by atoms with Crippen LogP contribution in [0.3, 0.4) is 0 Å². The average molecular weight is 334 g/mol. The quantitative estimate of drug-likeness (QED) is 0.830. The molecule has 1 unspecified atom stereocenters. The minimum absolute atomic E-state index is 0.0433. The Morgan fingerprint density at radius 3 is 2.90 bits per heavy atom. The van der Waals surface area contributed by atoms with E-state index in [1.807, 2.05) is 25.1 Å². The van der Waals surface area contributed by atoms with Crippen LogP contribution < -0.4 is 5.32 Å². The second-order valence-electron chi connectivity index (χ2n) is 5.15. The molecular formula is C16H16BrNO2. The molecular weight excluding hydrogens is 318 g/mol. The zero-order valence-corrected chi connectivity index (χ0v) is 12.9. The average Bonchev–Trinajstić information content (AvgIpc) is 2.76. The van der Waals surface area contributed by atoms with Gasteiger partial charge in [0.05, 0.1) is 11.1 Å². The molecule has 0 bridgehead atoms. The maximum atomic E-state index is 11.6. The zero-order chi connectivity index (χ0) is 14.1. The molecule has 3 rings (SSSR count). The van der Waals surface area contributed by atoms with Crippen LogP contribution in [0.25, 0.3) is 0 Å². The predicted molar refractivity (Wildman–Crippen MR) is 82.2 cm³/mol. The van der Waals surface area contributed by atoms with Gasteiger partial charge >= 0.3 is 0 Å². The van der Waals surface area contributed by atoms with Gasteiger partial charge in [0.1, 0.15) is 5.76 Å². The number of anilines is 1. The largest absolute Gasteiger partial charge is 0.468 e. The Morgan fingerprint density at radius 1 is 1.30 bits per heavy atom. The lowest BCUT2D eigenvalue weighted by atomic mass is 10.0. The van der Waals surface area contributed by atoms with Crippen LogP contribution in [0.1, 0.15) is 40.1 Å². The molecule has 1 amide bonds. The van der Waals surface area contributed by atoms with E-state index in [2.05, 4.69) is 27.3 Å². The molecule has 104 valence electrons. The van der Waals surface area contributed by atoms with Gasteiger partial charge in [0, 0.05) is 12.1 Å². The highest BCUT2D eigenvalue weighted by Gasteiger charge is 2.19. The summed E-state index contributed by atoms with van der Waals surface area (Å²) in [5.74, 6) is 1.04. The normalized spacial score (nSPS) is 16.2. The van der Waals surface area contributed by atoms with Gasteiger partial charge in [0.15, 0.2) is 0 Å². The number of carbonyl (C=O) groups is 1. The van der Waals surface area contributed by atoms with Gasteiger partial charge in [-0.25, -0.2) is 0 Å². The summed E-state index contributed by atoms with van der Waals surface area (Å²) in [7, 11) is 0. The first-order valence-corrected chi connectivity index (χ1v) is 7.67. The summed E-state index contributed by atoms with van der Waals surface area (Å²) in [5, 5.41) is 2.96. The van der Waals surface area contributed by atoms with E-state index >= 15 is 0 Å². The molecule has 3 nitrogen and oxygen atoms in total. The van der Waals surface area contributed by atoms with E-state index in [1.54, 1.807) is 6.26 Å². The minimum atomic E-state index is 0.0433. The fraction of sp³-hybridized carbons (Fsp3) is 0.312. The van der Waals surface area contributed by atoms with Gasteiger partial charge in [0.2, 0.25) is 5.91 Å². The molecule has 0 saturated carbocycles. The Balaban J connectivity index is 1.94. The van der Waals surface area contributed by atoms with E-state index < -0.39 is 0 Å². The maximum Gasteiger partial charge on any atom is 0.224 e. The van der Waals surface area contributed by atoms with Crippen LogP contribution in [-0.2, 0) is 11.2 Å². The number of rotatable bonds is 2. The second kappa shape index (κ2) is 5.44. The van der Waals surface area contributed by atoms with E-state index in [9.17, 15) is 4.79 Å². The predicted octanol–water partition coefficient (Wildman–Crippen LogP) is 4.35. The van der Waals surface area contributed by atoms with Crippen molar-refractivity contribution in [3.05, 3.63) is 53.0 Å². The molecule has 1 aromatic carbocycles. The van der Waals surface area contributed by atoms with E-state index in [4.69, 9.17) is 4.42 Å². The molecule has 2 heterocycles. The number of aryl methyl sites for hydroxylation is 2. The SMILES string of the molecule is Cc1ccoc1C(Br)c1ccc2c(c1)CCCC(=O)N2.